The van der Waals surface area contributed by atoms with Gasteiger partial charge in [-0.1, -0.05) is 0 Å². The Bertz CT molecular complexity index is 516. The molecule has 0 bridgehead atoms. The van der Waals surface area contributed by atoms with Crippen LogP contribution in [-0.4, -0.2) is 36.0 Å². The monoisotopic (exact) mass is 315 g/mol. The van der Waals surface area contributed by atoms with Gasteiger partial charge in [0.15, 0.2) is 0 Å². The van der Waals surface area contributed by atoms with Gasteiger partial charge in [0.1, 0.15) is 11.5 Å². The van der Waals surface area contributed by atoms with Gasteiger partial charge in [0.2, 0.25) is 0 Å². The Hall–Kier alpha value is -2.31. The molecule has 0 atom stereocenters. The van der Waals surface area contributed by atoms with E-state index in [4.69, 9.17) is 0 Å². The molecule has 0 aliphatic carbocycles. The fraction of sp³-hybridized carbons (Fsp3) is 0.333. The highest BCUT2D eigenvalue weighted by atomic mass is 19.4. The molecule has 2 rings (SSSR count). The first-order chi connectivity index (χ1) is 10.3. The molecule has 120 valence electrons. The zero-order valence-corrected chi connectivity index (χ0v) is 11.9. The Morgan fingerprint density at radius 1 is 1.09 bits per heavy atom. The van der Waals surface area contributed by atoms with E-state index in [1.807, 2.05) is 0 Å². The normalized spacial score (nSPS) is 14.9. The fourth-order valence-corrected chi connectivity index (χ4v) is 1.94. The lowest BCUT2D eigenvalue weighted by atomic mass is 10.1. The number of hydrogen-bond acceptors (Lipinski definition) is 3. The summed E-state index contributed by atoms with van der Waals surface area (Å²) >= 11 is 0. The molecule has 1 aliphatic rings. The van der Waals surface area contributed by atoms with E-state index in [-0.39, 0.29) is 23.0 Å². The van der Waals surface area contributed by atoms with E-state index in [2.05, 4.69) is 17.9 Å². The first-order valence-electron chi connectivity index (χ1n) is 6.52. The zero-order chi connectivity index (χ0) is 16.8. The quantitative estimate of drug-likeness (QED) is 0.787. The summed E-state index contributed by atoms with van der Waals surface area (Å²) in [5.41, 5.74) is 0.272. The molecule has 1 saturated heterocycles. The van der Waals surface area contributed by atoms with E-state index < -0.39 is 6.36 Å². The first kappa shape index (κ1) is 17.7. The molecule has 0 saturated carbocycles. The van der Waals surface area contributed by atoms with Crippen molar-refractivity contribution in [3.63, 3.8) is 0 Å². The number of rotatable bonds is 2. The van der Waals surface area contributed by atoms with Crippen molar-refractivity contribution in [2.24, 2.45) is 0 Å². The molecule has 4 nitrogen and oxygen atoms in total. The second-order valence-corrected chi connectivity index (χ2v) is 4.40. The number of halogens is 3. The molecule has 1 aromatic rings. The van der Waals surface area contributed by atoms with Crippen LogP contribution >= 0.6 is 0 Å². The highest BCUT2D eigenvalue weighted by Gasteiger charge is 2.31. The van der Waals surface area contributed by atoms with Gasteiger partial charge in [-0.05, 0) is 24.3 Å². The van der Waals surface area contributed by atoms with Crippen molar-refractivity contribution in [1.82, 2.24) is 4.90 Å². The molecule has 0 radical (unpaired) electrons. The third-order valence-corrected chi connectivity index (χ3v) is 2.94. The van der Waals surface area contributed by atoms with Crippen molar-refractivity contribution in [2.45, 2.75) is 19.2 Å². The Morgan fingerprint density at radius 2 is 1.59 bits per heavy atom. The molecular formula is C15H16F3NO3. The van der Waals surface area contributed by atoms with Crippen molar-refractivity contribution >= 4 is 11.7 Å². The van der Waals surface area contributed by atoms with Crippen molar-refractivity contribution in [3.8, 4) is 5.75 Å². The number of likely N-dealkylation sites (tertiary alicyclic amines) is 1. The smallest absolute Gasteiger partial charge is 0.406 e. The van der Waals surface area contributed by atoms with Gasteiger partial charge in [-0.15, -0.1) is 26.3 Å². The first-order valence-corrected chi connectivity index (χ1v) is 6.52. The van der Waals surface area contributed by atoms with Crippen molar-refractivity contribution in [1.29, 1.82) is 0 Å². The van der Waals surface area contributed by atoms with Gasteiger partial charge >= 0.3 is 6.36 Å². The molecule has 0 unspecified atom stereocenters. The lowest BCUT2D eigenvalue weighted by Gasteiger charge is -2.26. The summed E-state index contributed by atoms with van der Waals surface area (Å²) in [7, 11) is 0. The minimum atomic E-state index is -4.75. The topological polar surface area (TPSA) is 46.6 Å². The van der Waals surface area contributed by atoms with Crippen LogP contribution in [0.1, 0.15) is 23.2 Å². The summed E-state index contributed by atoms with van der Waals surface area (Å²) in [6.45, 7) is 6.69. The number of amides is 1. The van der Waals surface area contributed by atoms with Crippen LogP contribution in [0.2, 0.25) is 0 Å². The van der Waals surface area contributed by atoms with Crippen molar-refractivity contribution in [2.75, 3.05) is 13.1 Å². The number of ether oxygens (including phenoxy) is 1. The summed E-state index contributed by atoms with van der Waals surface area (Å²) in [5, 5.41) is 0. The Balaban J connectivity index is 0.00000116. The van der Waals surface area contributed by atoms with Crippen LogP contribution in [0.15, 0.2) is 37.4 Å². The van der Waals surface area contributed by atoms with Gasteiger partial charge in [-0.2, -0.15) is 0 Å². The van der Waals surface area contributed by atoms with Gasteiger partial charge in [0.05, 0.1) is 0 Å². The summed E-state index contributed by atoms with van der Waals surface area (Å²) in [6, 6.07) is 4.74. The number of carbonyl (C=O) groups is 2. The third kappa shape index (κ3) is 5.23. The predicted octanol–water partition coefficient (Wildman–Crippen LogP) is 3.19. The van der Waals surface area contributed by atoms with E-state index in [9.17, 15) is 22.8 Å². The van der Waals surface area contributed by atoms with Gasteiger partial charge in [-0.3, -0.25) is 9.59 Å². The number of piperidine rings is 1. The highest BCUT2D eigenvalue weighted by Crippen LogP contribution is 2.23. The fourth-order valence-electron chi connectivity index (χ4n) is 1.94. The van der Waals surface area contributed by atoms with Crippen LogP contribution in [-0.2, 0) is 4.79 Å². The van der Waals surface area contributed by atoms with Crippen molar-refractivity contribution in [3.05, 3.63) is 43.0 Å². The van der Waals surface area contributed by atoms with Crippen LogP contribution < -0.4 is 4.74 Å². The minimum absolute atomic E-state index is 0.114. The lowest BCUT2D eigenvalue weighted by molar-refractivity contribution is -0.274. The molecule has 1 heterocycles. The molecule has 0 spiro atoms. The number of nitrogens with zero attached hydrogens (tertiary/aromatic N) is 1. The molecule has 1 fully saturated rings. The average molecular weight is 315 g/mol. The van der Waals surface area contributed by atoms with Crippen LogP contribution in [0.3, 0.4) is 0 Å². The van der Waals surface area contributed by atoms with Crippen LogP contribution in [0.5, 0.6) is 5.75 Å². The van der Waals surface area contributed by atoms with E-state index in [0.717, 1.165) is 12.1 Å². The maximum Gasteiger partial charge on any atom is 0.573 e. The summed E-state index contributed by atoms with van der Waals surface area (Å²) < 4.78 is 39.7. The lowest BCUT2D eigenvalue weighted by Crippen LogP contribution is -2.38. The highest BCUT2D eigenvalue weighted by molar-refractivity contribution is 5.95. The minimum Gasteiger partial charge on any atom is -0.406 e. The summed E-state index contributed by atoms with van der Waals surface area (Å²) in [6.07, 6.45) is -4.11. The van der Waals surface area contributed by atoms with Gasteiger partial charge in [0.25, 0.3) is 5.91 Å². The van der Waals surface area contributed by atoms with Crippen LogP contribution in [0.25, 0.3) is 0 Å². The summed E-state index contributed by atoms with van der Waals surface area (Å²) in [5.74, 6) is -0.554. The standard InChI is InChI=1S/C13H12F3NO3.C2H4/c14-13(15,16)20-11-3-1-9(2-4-11)12(19)17-7-5-10(18)6-8-17;1-2/h1-4H,5-8H2;1-2H2. The number of benzene rings is 1. The SMILES string of the molecule is C=C.O=C1CCN(C(=O)c2ccc(OC(F)(F)F)cc2)CC1. The van der Waals surface area contributed by atoms with Gasteiger partial charge in [-0.25, -0.2) is 0 Å². The maximum atomic E-state index is 12.1. The van der Waals surface area contributed by atoms with Crippen molar-refractivity contribution < 1.29 is 27.5 Å². The van der Waals surface area contributed by atoms with E-state index in [1.165, 1.54) is 17.0 Å². The van der Waals surface area contributed by atoms with Gasteiger partial charge < -0.3 is 9.64 Å². The predicted molar refractivity (Wildman–Crippen MR) is 74.5 cm³/mol. The average Bonchev–Trinajstić information content (AvgIpc) is 2.48. The summed E-state index contributed by atoms with van der Waals surface area (Å²) in [4.78, 5) is 24.7. The number of hydrogen-bond donors (Lipinski definition) is 0. The zero-order valence-electron chi connectivity index (χ0n) is 11.9. The largest absolute Gasteiger partial charge is 0.573 e. The second-order valence-electron chi connectivity index (χ2n) is 4.40. The molecule has 22 heavy (non-hydrogen) atoms. The molecule has 0 aromatic heterocycles. The molecule has 1 aromatic carbocycles. The third-order valence-electron chi connectivity index (χ3n) is 2.94. The second kappa shape index (κ2) is 7.63. The molecule has 7 heteroatoms. The van der Waals surface area contributed by atoms with Gasteiger partial charge in [0, 0.05) is 31.5 Å². The Labute approximate surface area is 126 Å². The number of Topliss-reactive ketones (excluding diaryl/α,β-unsaturated/α-hetero) is 1. The number of carbonyl (C=O) groups excluding carboxylic acids is 2. The van der Waals surface area contributed by atoms with E-state index in [0.29, 0.717) is 25.9 Å². The molecular weight excluding hydrogens is 299 g/mol. The van der Waals surface area contributed by atoms with Crippen LogP contribution in [0, 0.1) is 0 Å². The van der Waals surface area contributed by atoms with Crippen LogP contribution in [0.4, 0.5) is 13.2 Å². The Kier molecular flexibility index (Phi) is 6.15. The maximum absolute atomic E-state index is 12.1. The number of ketones is 1. The van der Waals surface area contributed by atoms with E-state index >= 15 is 0 Å². The van der Waals surface area contributed by atoms with E-state index in [1.54, 1.807) is 0 Å². The Morgan fingerprint density at radius 3 is 2.05 bits per heavy atom. The number of alkyl halides is 3. The molecule has 0 N–H and O–H groups in total. The molecule has 1 amide bonds. The molecule has 1 aliphatic heterocycles.